The molecule has 1 saturated heterocycles. The van der Waals surface area contributed by atoms with E-state index < -0.39 is 0 Å². The molecule has 0 aliphatic carbocycles. The minimum atomic E-state index is -0.326. The van der Waals surface area contributed by atoms with Crippen LogP contribution >= 0.6 is 0 Å². The van der Waals surface area contributed by atoms with Crippen molar-refractivity contribution in [3.8, 4) is 5.75 Å². The molecule has 0 radical (unpaired) electrons. The van der Waals surface area contributed by atoms with E-state index in [1.54, 1.807) is 6.07 Å². The molecule has 0 unspecified atom stereocenters. The van der Waals surface area contributed by atoms with E-state index in [4.69, 9.17) is 13.9 Å². The molecular formula is C19H25NO4. The lowest BCUT2D eigenvalue weighted by Crippen LogP contribution is -2.33. The number of ether oxygens (including phenoxy) is 2. The van der Waals surface area contributed by atoms with Crippen molar-refractivity contribution in [3.05, 3.63) is 40.2 Å². The summed E-state index contributed by atoms with van der Waals surface area (Å²) in [5.41, 5.74) is 1.17. The first-order chi connectivity index (χ1) is 11.7. The Balaban J connectivity index is 1.57. The van der Waals surface area contributed by atoms with Crippen LogP contribution in [0.5, 0.6) is 5.75 Å². The average Bonchev–Trinajstić information content (AvgIpc) is 3.06. The zero-order valence-corrected chi connectivity index (χ0v) is 14.4. The van der Waals surface area contributed by atoms with Gasteiger partial charge in [-0.2, -0.15) is 0 Å². The van der Waals surface area contributed by atoms with Crippen molar-refractivity contribution in [3.63, 3.8) is 0 Å². The molecule has 5 heteroatoms. The van der Waals surface area contributed by atoms with Crippen LogP contribution in [0.25, 0.3) is 11.0 Å². The number of likely N-dealkylation sites (N-methyl/N-ethyl adjacent to an activating group) is 1. The fourth-order valence-corrected chi connectivity index (χ4v) is 3.16. The smallest absolute Gasteiger partial charge is 0.336 e. The minimum absolute atomic E-state index is 0.326. The van der Waals surface area contributed by atoms with Gasteiger partial charge in [0.25, 0.3) is 0 Å². The first kappa shape index (κ1) is 17.0. The van der Waals surface area contributed by atoms with Crippen molar-refractivity contribution in [2.24, 2.45) is 5.92 Å². The lowest BCUT2D eigenvalue weighted by molar-refractivity contribution is 0.158. The van der Waals surface area contributed by atoms with Gasteiger partial charge in [0.15, 0.2) is 0 Å². The van der Waals surface area contributed by atoms with E-state index in [1.165, 1.54) is 6.07 Å². The highest BCUT2D eigenvalue weighted by atomic mass is 16.5. The molecule has 1 aromatic heterocycles. The van der Waals surface area contributed by atoms with Crippen LogP contribution in [0.4, 0.5) is 0 Å². The molecule has 2 heterocycles. The zero-order chi connectivity index (χ0) is 16.9. The monoisotopic (exact) mass is 331 g/mol. The van der Waals surface area contributed by atoms with Crippen LogP contribution in [0.3, 0.4) is 0 Å². The number of fused-ring (bicyclic) bond motifs is 1. The van der Waals surface area contributed by atoms with Gasteiger partial charge in [0.2, 0.25) is 0 Å². The van der Waals surface area contributed by atoms with E-state index in [0.717, 1.165) is 56.0 Å². The fraction of sp³-hybridized carbons (Fsp3) is 0.526. The summed E-state index contributed by atoms with van der Waals surface area (Å²) in [4.78, 5) is 13.9. The van der Waals surface area contributed by atoms with E-state index in [9.17, 15) is 4.79 Å². The third-order valence-electron chi connectivity index (χ3n) is 4.59. The Morgan fingerprint density at radius 1 is 1.33 bits per heavy atom. The van der Waals surface area contributed by atoms with Gasteiger partial charge in [0.1, 0.15) is 17.9 Å². The number of aryl methyl sites for hydroxylation is 1. The highest BCUT2D eigenvalue weighted by Crippen LogP contribution is 2.22. The molecule has 0 spiro atoms. The maximum atomic E-state index is 11.5. The maximum Gasteiger partial charge on any atom is 0.336 e. The van der Waals surface area contributed by atoms with Crippen molar-refractivity contribution in [2.45, 2.75) is 20.3 Å². The summed E-state index contributed by atoms with van der Waals surface area (Å²) in [5.74, 6) is 1.37. The summed E-state index contributed by atoms with van der Waals surface area (Å²) in [7, 11) is 0. The van der Waals surface area contributed by atoms with E-state index in [-0.39, 0.29) is 5.63 Å². The van der Waals surface area contributed by atoms with Crippen molar-refractivity contribution < 1.29 is 13.9 Å². The summed E-state index contributed by atoms with van der Waals surface area (Å²) >= 11 is 0. The molecule has 1 aliphatic heterocycles. The molecule has 0 bridgehead atoms. The molecule has 3 rings (SSSR count). The van der Waals surface area contributed by atoms with Gasteiger partial charge < -0.3 is 13.9 Å². The Hall–Kier alpha value is -1.85. The van der Waals surface area contributed by atoms with Gasteiger partial charge in [0, 0.05) is 37.2 Å². The third-order valence-corrected chi connectivity index (χ3v) is 4.59. The van der Waals surface area contributed by atoms with E-state index in [0.29, 0.717) is 18.1 Å². The molecule has 1 aliphatic rings. The van der Waals surface area contributed by atoms with Gasteiger partial charge in [-0.05, 0) is 43.5 Å². The quantitative estimate of drug-likeness (QED) is 0.730. The highest BCUT2D eigenvalue weighted by molar-refractivity contribution is 5.81. The summed E-state index contributed by atoms with van der Waals surface area (Å²) in [6, 6.07) is 7.17. The summed E-state index contributed by atoms with van der Waals surface area (Å²) in [5, 5.41) is 0.943. The van der Waals surface area contributed by atoms with Crippen LogP contribution in [0, 0.1) is 12.8 Å². The number of rotatable bonds is 7. The molecule has 2 aromatic rings. The predicted molar refractivity (Wildman–Crippen MR) is 93.8 cm³/mol. The topological polar surface area (TPSA) is 51.9 Å². The van der Waals surface area contributed by atoms with Gasteiger partial charge in [-0.25, -0.2) is 4.79 Å². The Kier molecular flexibility index (Phi) is 5.53. The van der Waals surface area contributed by atoms with Crippen LogP contribution in [0.2, 0.25) is 0 Å². The first-order valence-electron chi connectivity index (χ1n) is 8.63. The van der Waals surface area contributed by atoms with Crippen molar-refractivity contribution in [2.75, 3.05) is 39.5 Å². The van der Waals surface area contributed by atoms with E-state index >= 15 is 0 Å². The number of hydrogen-bond acceptors (Lipinski definition) is 5. The average molecular weight is 331 g/mol. The second-order valence-electron chi connectivity index (χ2n) is 6.38. The largest absolute Gasteiger partial charge is 0.492 e. The lowest BCUT2D eigenvalue weighted by Gasteiger charge is -2.23. The van der Waals surface area contributed by atoms with E-state index in [1.807, 2.05) is 19.1 Å². The second kappa shape index (κ2) is 7.81. The Morgan fingerprint density at radius 2 is 2.21 bits per heavy atom. The Bertz CT molecular complexity index is 734. The molecule has 1 atom stereocenters. The highest BCUT2D eigenvalue weighted by Gasteiger charge is 2.18. The molecule has 5 nitrogen and oxygen atoms in total. The molecule has 1 fully saturated rings. The predicted octanol–water partition coefficient (Wildman–Crippen LogP) is 2.84. The van der Waals surface area contributed by atoms with Crippen molar-refractivity contribution in [1.29, 1.82) is 0 Å². The number of benzene rings is 1. The molecule has 0 N–H and O–H groups in total. The summed E-state index contributed by atoms with van der Waals surface area (Å²) in [6.07, 6.45) is 1.15. The van der Waals surface area contributed by atoms with Gasteiger partial charge in [-0.3, -0.25) is 4.90 Å². The van der Waals surface area contributed by atoms with Gasteiger partial charge in [-0.15, -0.1) is 0 Å². The zero-order valence-electron chi connectivity index (χ0n) is 14.4. The third kappa shape index (κ3) is 4.16. The minimum Gasteiger partial charge on any atom is -0.492 e. The van der Waals surface area contributed by atoms with Crippen LogP contribution in [-0.2, 0) is 4.74 Å². The lowest BCUT2D eigenvalue weighted by atomic mass is 10.1. The molecule has 0 amide bonds. The maximum absolute atomic E-state index is 11.5. The van der Waals surface area contributed by atoms with Crippen molar-refractivity contribution >= 4 is 11.0 Å². The SMILES string of the molecule is CCN(CCOc1ccc2c(C)cc(=O)oc2c1)C[C@@H]1CCOC1. The molecule has 24 heavy (non-hydrogen) atoms. The van der Waals surface area contributed by atoms with Crippen LogP contribution in [-0.4, -0.2) is 44.4 Å². The van der Waals surface area contributed by atoms with Crippen molar-refractivity contribution in [1.82, 2.24) is 4.90 Å². The molecule has 0 saturated carbocycles. The van der Waals surface area contributed by atoms with E-state index in [2.05, 4.69) is 11.8 Å². The molecule has 130 valence electrons. The van der Waals surface area contributed by atoms with Gasteiger partial charge in [-0.1, -0.05) is 6.92 Å². The van der Waals surface area contributed by atoms with Gasteiger partial charge in [0.05, 0.1) is 6.61 Å². The van der Waals surface area contributed by atoms with Crippen LogP contribution in [0.1, 0.15) is 18.9 Å². The number of nitrogens with zero attached hydrogens (tertiary/aromatic N) is 1. The van der Waals surface area contributed by atoms with Crippen LogP contribution in [0.15, 0.2) is 33.5 Å². The summed E-state index contributed by atoms with van der Waals surface area (Å²) in [6.45, 7) is 9.40. The first-order valence-corrected chi connectivity index (χ1v) is 8.63. The van der Waals surface area contributed by atoms with Gasteiger partial charge >= 0.3 is 5.63 Å². The normalized spacial score (nSPS) is 17.7. The standard InChI is InChI=1S/C19H25NO4/c1-3-20(12-15-6-8-22-13-15)7-9-23-16-4-5-17-14(2)10-19(21)24-18(17)11-16/h4-5,10-11,15H,3,6-9,12-13H2,1-2H3/t15-/m0/s1. The number of hydrogen-bond donors (Lipinski definition) is 0. The summed E-state index contributed by atoms with van der Waals surface area (Å²) < 4.78 is 16.6. The second-order valence-corrected chi connectivity index (χ2v) is 6.38. The molecule has 1 aromatic carbocycles. The fourth-order valence-electron chi connectivity index (χ4n) is 3.16. The van der Waals surface area contributed by atoms with Crippen LogP contribution < -0.4 is 10.4 Å². The Morgan fingerprint density at radius 3 is 2.96 bits per heavy atom. The molecular weight excluding hydrogens is 306 g/mol. The Labute approximate surface area is 142 Å².